The quantitative estimate of drug-likeness (QED) is 0.858. The van der Waals surface area contributed by atoms with Crippen molar-refractivity contribution >= 4 is 17.2 Å². The Morgan fingerprint density at radius 3 is 2.55 bits per heavy atom. The SMILES string of the molecule is CC(N)CCNC(=O)c1csc(-c2ccc(C(C)C)cc2)n1. The van der Waals surface area contributed by atoms with Crippen LogP contribution in [0.4, 0.5) is 0 Å². The summed E-state index contributed by atoms with van der Waals surface area (Å²) in [6.45, 7) is 6.84. The molecule has 2 aromatic rings. The van der Waals surface area contributed by atoms with Crippen molar-refractivity contribution in [1.29, 1.82) is 0 Å². The fourth-order valence-electron chi connectivity index (χ4n) is 2.03. The molecule has 0 aliphatic carbocycles. The number of amides is 1. The van der Waals surface area contributed by atoms with E-state index in [-0.39, 0.29) is 11.9 Å². The largest absolute Gasteiger partial charge is 0.351 e. The number of thiazole rings is 1. The molecule has 1 amide bonds. The molecule has 22 heavy (non-hydrogen) atoms. The number of benzene rings is 1. The third-order valence-electron chi connectivity index (χ3n) is 3.45. The molecule has 1 unspecified atom stereocenters. The van der Waals surface area contributed by atoms with Crippen molar-refractivity contribution in [3.8, 4) is 10.6 Å². The van der Waals surface area contributed by atoms with Crippen LogP contribution < -0.4 is 11.1 Å². The minimum atomic E-state index is -0.137. The summed E-state index contributed by atoms with van der Waals surface area (Å²) >= 11 is 1.49. The summed E-state index contributed by atoms with van der Waals surface area (Å²) in [5.41, 5.74) is 8.48. The highest BCUT2D eigenvalue weighted by atomic mass is 32.1. The first kappa shape index (κ1) is 16.6. The Bertz CT molecular complexity index is 617. The summed E-state index contributed by atoms with van der Waals surface area (Å²) in [5, 5.41) is 5.51. The monoisotopic (exact) mass is 317 g/mol. The van der Waals surface area contributed by atoms with Gasteiger partial charge in [0.15, 0.2) is 0 Å². The van der Waals surface area contributed by atoms with Gasteiger partial charge < -0.3 is 11.1 Å². The number of nitrogens with zero attached hydrogens (tertiary/aromatic N) is 1. The fraction of sp³-hybridized carbons (Fsp3) is 0.412. The van der Waals surface area contributed by atoms with Gasteiger partial charge in [-0.15, -0.1) is 11.3 Å². The van der Waals surface area contributed by atoms with E-state index in [1.54, 1.807) is 5.38 Å². The summed E-state index contributed by atoms with van der Waals surface area (Å²) in [6, 6.07) is 8.44. The van der Waals surface area contributed by atoms with E-state index in [0.717, 1.165) is 17.0 Å². The maximum Gasteiger partial charge on any atom is 0.270 e. The van der Waals surface area contributed by atoms with E-state index in [1.807, 2.05) is 6.92 Å². The molecule has 1 heterocycles. The lowest BCUT2D eigenvalue weighted by Crippen LogP contribution is -2.29. The van der Waals surface area contributed by atoms with Crippen molar-refractivity contribution in [2.24, 2.45) is 5.73 Å². The molecule has 3 N–H and O–H groups in total. The second-order valence-electron chi connectivity index (χ2n) is 5.84. The normalized spacial score (nSPS) is 12.4. The molecule has 0 saturated carbocycles. The predicted octanol–water partition coefficient (Wildman–Crippen LogP) is 3.40. The Hall–Kier alpha value is -1.72. The first-order chi connectivity index (χ1) is 10.5. The van der Waals surface area contributed by atoms with E-state index in [9.17, 15) is 4.79 Å². The smallest absolute Gasteiger partial charge is 0.270 e. The van der Waals surface area contributed by atoms with Crippen LogP contribution in [0.2, 0.25) is 0 Å². The molecule has 4 nitrogen and oxygen atoms in total. The van der Waals surface area contributed by atoms with E-state index in [4.69, 9.17) is 5.73 Å². The Kier molecular flexibility index (Phi) is 5.69. The van der Waals surface area contributed by atoms with Gasteiger partial charge in [0, 0.05) is 23.5 Å². The predicted molar refractivity (Wildman–Crippen MR) is 92.2 cm³/mol. The summed E-state index contributed by atoms with van der Waals surface area (Å²) in [7, 11) is 0. The number of hydrogen-bond acceptors (Lipinski definition) is 4. The summed E-state index contributed by atoms with van der Waals surface area (Å²) in [4.78, 5) is 16.4. The van der Waals surface area contributed by atoms with Crippen LogP contribution in [0, 0.1) is 0 Å². The Morgan fingerprint density at radius 1 is 1.27 bits per heavy atom. The second-order valence-corrected chi connectivity index (χ2v) is 6.69. The molecule has 118 valence electrons. The summed E-state index contributed by atoms with van der Waals surface area (Å²) < 4.78 is 0. The van der Waals surface area contributed by atoms with E-state index in [1.165, 1.54) is 16.9 Å². The van der Waals surface area contributed by atoms with Crippen molar-refractivity contribution in [2.75, 3.05) is 6.54 Å². The minimum absolute atomic E-state index is 0.0887. The molecule has 0 fully saturated rings. The van der Waals surface area contributed by atoms with Gasteiger partial charge >= 0.3 is 0 Å². The third kappa shape index (κ3) is 4.39. The molecule has 2 rings (SSSR count). The van der Waals surface area contributed by atoms with Gasteiger partial charge in [-0.1, -0.05) is 38.1 Å². The minimum Gasteiger partial charge on any atom is -0.351 e. The molecule has 0 bridgehead atoms. The van der Waals surface area contributed by atoms with Gasteiger partial charge in [0.25, 0.3) is 5.91 Å². The Balaban J connectivity index is 2.02. The topological polar surface area (TPSA) is 68.0 Å². The maximum atomic E-state index is 12.0. The lowest BCUT2D eigenvalue weighted by molar-refractivity contribution is 0.0948. The Labute approximate surface area is 135 Å². The highest BCUT2D eigenvalue weighted by Crippen LogP contribution is 2.25. The van der Waals surface area contributed by atoms with Gasteiger partial charge in [-0.3, -0.25) is 4.79 Å². The lowest BCUT2D eigenvalue weighted by Gasteiger charge is -2.06. The number of carbonyl (C=O) groups is 1. The van der Waals surface area contributed by atoms with Crippen LogP contribution >= 0.6 is 11.3 Å². The van der Waals surface area contributed by atoms with E-state index in [2.05, 4.69) is 48.4 Å². The van der Waals surface area contributed by atoms with Crippen LogP contribution in [0.15, 0.2) is 29.6 Å². The van der Waals surface area contributed by atoms with E-state index in [0.29, 0.717) is 18.2 Å². The van der Waals surface area contributed by atoms with Crippen molar-refractivity contribution < 1.29 is 4.79 Å². The van der Waals surface area contributed by atoms with Gasteiger partial charge in [-0.2, -0.15) is 0 Å². The molecule has 1 aromatic carbocycles. The van der Waals surface area contributed by atoms with Gasteiger partial charge in [-0.05, 0) is 24.8 Å². The van der Waals surface area contributed by atoms with E-state index >= 15 is 0 Å². The number of hydrogen-bond donors (Lipinski definition) is 2. The third-order valence-corrected chi connectivity index (χ3v) is 4.34. The van der Waals surface area contributed by atoms with Crippen LogP contribution in [-0.4, -0.2) is 23.5 Å². The number of carbonyl (C=O) groups excluding carboxylic acids is 1. The number of nitrogens with one attached hydrogen (secondary N) is 1. The average Bonchev–Trinajstić information content (AvgIpc) is 2.96. The molecule has 1 atom stereocenters. The number of aromatic nitrogens is 1. The fourth-order valence-corrected chi connectivity index (χ4v) is 2.83. The second kappa shape index (κ2) is 7.51. The zero-order valence-corrected chi connectivity index (χ0v) is 14.1. The molecule has 5 heteroatoms. The maximum absolute atomic E-state index is 12.0. The van der Waals surface area contributed by atoms with Gasteiger partial charge in [0.1, 0.15) is 10.7 Å². The molecule has 0 aliphatic rings. The first-order valence-corrected chi connectivity index (χ1v) is 8.45. The molecular formula is C17H23N3OS. The van der Waals surface area contributed by atoms with Crippen molar-refractivity contribution in [2.45, 2.75) is 39.2 Å². The molecular weight excluding hydrogens is 294 g/mol. The summed E-state index contributed by atoms with van der Waals surface area (Å²) in [6.07, 6.45) is 0.763. The van der Waals surface area contributed by atoms with E-state index < -0.39 is 0 Å². The molecule has 0 saturated heterocycles. The lowest BCUT2D eigenvalue weighted by atomic mass is 10.0. The zero-order chi connectivity index (χ0) is 16.1. The number of nitrogens with two attached hydrogens (primary N) is 1. The van der Waals surface area contributed by atoms with Crippen molar-refractivity contribution in [1.82, 2.24) is 10.3 Å². The molecule has 1 aromatic heterocycles. The standard InChI is InChI=1S/C17H23N3OS/c1-11(2)13-4-6-14(7-5-13)17-20-15(10-22-17)16(21)19-9-8-12(3)18/h4-7,10-12H,8-9,18H2,1-3H3,(H,19,21). The van der Waals surface area contributed by atoms with Crippen LogP contribution in [-0.2, 0) is 0 Å². The van der Waals surface area contributed by atoms with Crippen LogP contribution in [0.5, 0.6) is 0 Å². The van der Waals surface area contributed by atoms with Crippen LogP contribution in [0.25, 0.3) is 10.6 Å². The van der Waals surface area contributed by atoms with Crippen LogP contribution in [0.3, 0.4) is 0 Å². The van der Waals surface area contributed by atoms with Crippen molar-refractivity contribution in [3.05, 3.63) is 40.9 Å². The van der Waals surface area contributed by atoms with Crippen molar-refractivity contribution in [3.63, 3.8) is 0 Å². The molecule has 0 aliphatic heterocycles. The van der Waals surface area contributed by atoms with Gasteiger partial charge in [-0.25, -0.2) is 4.98 Å². The average molecular weight is 317 g/mol. The zero-order valence-electron chi connectivity index (χ0n) is 13.3. The van der Waals surface area contributed by atoms with Crippen LogP contribution in [0.1, 0.15) is 49.2 Å². The van der Waals surface area contributed by atoms with Gasteiger partial charge in [0.05, 0.1) is 0 Å². The first-order valence-electron chi connectivity index (χ1n) is 7.57. The summed E-state index contributed by atoms with van der Waals surface area (Å²) in [5.74, 6) is 0.374. The highest BCUT2D eigenvalue weighted by molar-refractivity contribution is 7.13. The highest BCUT2D eigenvalue weighted by Gasteiger charge is 2.12. The number of rotatable bonds is 6. The molecule has 0 spiro atoms. The van der Waals surface area contributed by atoms with Gasteiger partial charge in [0.2, 0.25) is 0 Å². The molecule has 0 radical (unpaired) electrons. The Morgan fingerprint density at radius 2 is 1.95 bits per heavy atom.